The first-order chi connectivity index (χ1) is 13.5. The van der Waals surface area contributed by atoms with Crippen LogP contribution in [-0.4, -0.2) is 33.5 Å². The summed E-state index contributed by atoms with van der Waals surface area (Å²) < 4.78 is 4.91. The fourth-order valence-corrected chi connectivity index (χ4v) is 3.94. The lowest BCUT2D eigenvalue weighted by Gasteiger charge is -2.26. The van der Waals surface area contributed by atoms with Crippen LogP contribution in [0.2, 0.25) is 5.02 Å². The minimum atomic E-state index is -0.375. The molecule has 0 saturated carbocycles. The Bertz CT molecular complexity index is 1030. The highest BCUT2D eigenvalue weighted by Gasteiger charge is 2.25. The van der Waals surface area contributed by atoms with E-state index in [9.17, 15) is 9.59 Å². The molecule has 0 radical (unpaired) electrons. The van der Waals surface area contributed by atoms with Crippen molar-refractivity contribution in [3.8, 4) is 0 Å². The maximum absolute atomic E-state index is 12.5. The van der Waals surface area contributed by atoms with Crippen LogP contribution in [0, 0.1) is 6.92 Å². The molecule has 3 amide bonds. The van der Waals surface area contributed by atoms with Crippen molar-refractivity contribution in [3.63, 3.8) is 0 Å². The van der Waals surface area contributed by atoms with Crippen LogP contribution in [0.15, 0.2) is 34.9 Å². The number of fused-ring (bicyclic) bond motifs is 1. The molecule has 2 aromatic heterocycles. The molecule has 0 spiro atoms. The lowest BCUT2D eigenvalue weighted by molar-refractivity contribution is 0.101. The van der Waals surface area contributed by atoms with Gasteiger partial charge in [0.05, 0.1) is 12.2 Å². The van der Waals surface area contributed by atoms with E-state index >= 15 is 0 Å². The molecule has 3 aromatic rings. The van der Waals surface area contributed by atoms with E-state index in [-0.39, 0.29) is 17.6 Å². The molecule has 0 saturated heterocycles. The quantitative estimate of drug-likeness (QED) is 0.672. The fourth-order valence-electron chi connectivity index (χ4n) is 2.79. The Morgan fingerprint density at radius 2 is 2.04 bits per heavy atom. The van der Waals surface area contributed by atoms with Gasteiger partial charge in [0.1, 0.15) is 5.76 Å². The number of carbonyl (C=O) groups is 2. The van der Waals surface area contributed by atoms with Crippen LogP contribution in [-0.2, 0) is 13.0 Å². The zero-order valence-electron chi connectivity index (χ0n) is 14.9. The van der Waals surface area contributed by atoms with E-state index in [1.54, 1.807) is 42.2 Å². The molecule has 1 aliphatic heterocycles. The van der Waals surface area contributed by atoms with Gasteiger partial charge in [-0.25, -0.2) is 9.78 Å². The van der Waals surface area contributed by atoms with E-state index < -0.39 is 0 Å². The minimum Gasteiger partial charge on any atom is -0.361 e. The summed E-state index contributed by atoms with van der Waals surface area (Å²) in [7, 11) is 0. The molecule has 0 atom stereocenters. The normalized spacial score (nSPS) is 13.1. The van der Waals surface area contributed by atoms with Crippen LogP contribution in [0.5, 0.6) is 0 Å². The van der Waals surface area contributed by atoms with Gasteiger partial charge in [-0.1, -0.05) is 28.1 Å². The van der Waals surface area contributed by atoms with Crippen molar-refractivity contribution in [2.45, 2.75) is 19.9 Å². The van der Waals surface area contributed by atoms with Crippen LogP contribution >= 0.6 is 22.9 Å². The van der Waals surface area contributed by atoms with Crippen molar-refractivity contribution in [2.24, 2.45) is 0 Å². The number of thiazole rings is 1. The number of halogens is 1. The van der Waals surface area contributed by atoms with Crippen LogP contribution in [0.25, 0.3) is 0 Å². The third-order valence-electron chi connectivity index (χ3n) is 4.20. The molecule has 144 valence electrons. The van der Waals surface area contributed by atoms with E-state index in [1.807, 2.05) is 0 Å². The highest BCUT2D eigenvalue weighted by molar-refractivity contribution is 7.15. The number of carbonyl (C=O) groups excluding carboxylic acids is 2. The molecule has 0 aliphatic carbocycles. The van der Waals surface area contributed by atoms with Gasteiger partial charge in [0.15, 0.2) is 10.8 Å². The summed E-state index contributed by atoms with van der Waals surface area (Å²) in [6, 6.07) is 8.32. The van der Waals surface area contributed by atoms with Gasteiger partial charge in [0.2, 0.25) is 0 Å². The van der Waals surface area contributed by atoms with Crippen LogP contribution in [0.4, 0.5) is 15.6 Å². The molecule has 8 nitrogen and oxygen atoms in total. The Labute approximate surface area is 169 Å². The van der Waals surface area contributed by atoms with Crippen LogP contribution in [0.1, 0.15) is 26.8 Å². The highest BCUT2D eigenvalue weighted by atomic mass is 35.5. The number of amides is 3. The van der Waals surface area contributed by atoms with Crippen LogP contribution < -0.4 is 10.6 Å². The second kappa shape index (κ2) is 7.61. The molecule has 1 aliphatic rings. The molecule has 1 aromatic carbocycles. The SMILES string of the molecule is Cc1cc(C(=O)Nc2nc3c(s2)CN(C(=O)Nc2ccc(Cl)cc2)CC3)no1. The van der Waals surface area contributed by atoms with E-state index in [0.717, 1.165) is 10.6 Å². The van der Waals surface area contributed by atoms with E-state index in [0.29, 0.717) is 41.1 Å². The maximum Gasteiger partial charge on any atom is 0.322 e. The van der Waals surface area contributed by atoms with Crippen molar-refractivity contribution in [2.75, 3.05) is 17.2 Å². The number of nitrogens with zero attached hydrogens (tertiary/aromatic N) is 3. The summed E-state index contributed by atoms with van der Waals surface area (Å²) in [5.41, 5.74) is 1.78. The molecule has 10 heteroatoms. The number of aryl methyl sites for hydroxylation is 1. The van der Waals surface area contributed by atoms with Crippen molar-refractivity contribution in [3.05, 3.63) is 57.4 Å². The van der Waals surface area contributed by atoms with E-state index in [2.05, 4.69) is 20.8 Å². The predicted molar refractivity (Wildman–Crippen MR) is 106 cm³/mol. The summed E-state index contributed by atoms with van der Waals surface area (Å²) in [5.74, 6) is 0.186. The number of aromatic nitrogens is 2. The second-order valence-corrected chi connectivity index (χ2v) is 7.79. The lowest BCUT2D eigenvalue weighted by Crippen LogP contribution is -2.38. The number of anilines is 2. The Morgan fingerprint density at radius 1 is 1.25 bits per heavy atom. The van der Waals surface area contributed by atoms with Gasteiger partial charge in [-0.15, -0.1) is 0 Å². The highest BCUT2D eigenvalue weighted by Crippen LogP contribution is 2.29. The van der Waals surface area contributed by atoms with Gasteiger partial charge < -0.3 is 14.7 Å². The lowest BCUT2D eigenvalue weighted by atomic mass is 10.2. The Hall–Kier alpha value is -2.91. The average Bonchev–Trinajstić information content (AvgIpc) is 3.28. The van der Waals surface area contributed by atoms with Gasteiger partial charge >= 0.3 is 6.03 Å². The number of benzene rings is 1. The van der Waals surface area contributed by atoms with Crippen molar-refractivity contribution < 1.29 is 14.1 Å². The van der Waals surface area contributed by atoms with Gasteiger partial charge in [-0.3, -0.25) is 10.1 Å². The molecule has 0 bridgehead atoms. The summed E-state index contributed by atoms with van der Waals surface area (Å²) in [5, 5.41) is 10.4. The maximum atomic E-state index is 12.5. The minimum absolute atomic E-state index is 0.190. The number of hydrogen-bond acceptors (Lipinski definition) is 6. The molecular weight excluding hydrogens is 402 g/mol. The van der Waals surface area contributed by atoms with Gasteiger partial charge in [-0.05, 0) is 31.2 Å². The number of nitrogens with one attached hydrogen (secondary N) is 2. The van der Waals surface area contributed by atoms with Crippen molar-refractivity contribution in [1.82, 2.24) is 15.0 Å². The number of rotatable bonds is 3. The summed E-state index contributed by atoms with van der Waals surface area (Å²) in [6.07, 6.45) is 0.624. The zero-order valence-corrected chi connectivity index (χ0v) is 16.4. The first-order valence-corrected chi connectivity index (χ1v) is 9.72. The zero-order chi connectivity index (χ0) is 19.7. The molecule has 2 N–H and O–H groups in total. The Morgan fingerprint density at radius 3 is 2.75 bits per heavy atom. The fraction of sp³-hybridized carbons (Fsp3) is 0.222. The van der Waals surface area contributed by atoms with Crippen molar-refractivity contribution in [1.29, 1.82) is 0 Å². The molecule has 4 rings (SSSR count). The van der Waals surface area contributed by atoms with E-state index in [4.69, 9.17) is 16.1 Å². The van der Waals surface area contributed by atoms with Crippen LogP contribution in [0.3, 0.4) is 0 Å². The summed E-state index contributed by atoms with van der Waals surface area (Å²) >= 11 is 7.22. The van der Waals surface area contributed by atoms with Gasteiger partial charge in [0.25, 0.3) is 5.91 Å². The smallest absolute Gasteiger partial charge is 0.322 e. The topological polar surface area (TPSA) is 100 Å². The second-order valence-electron chi connectivity index (χ2n) is 6.27. The molecular formula is C18H16ClN5O3S. The third-order valence-corrected chi connectivity index (χ3v) is 5.44. The third kappa shape index (κ3) is 4.00. The first kappa shape index (κ1) is 18.5. The number of hydrogen-bond donors (Lipinski definition) is 2. The van der Waals surface area contributed by atoms with Crippen molar-refractivity contribution >= 4 is 45.7 Å². The van der Waals surface area contributed by atoms with E-state index in [1.165, 1.54) is 11.3 Å². The summed E-state index contributed by atoms with van der Waals surface area (Å²) in [6.45, 7) is 2.70. The molecule has 0 fully saturated rings. The largest absolute Gasteiger partial charge is 0.361 e. The molecule has 0 unspecified atom stereocenters. The molecule has 3 heterocycles. The Balaban J connectivity index is 1.40. The summed E-state index contributed by atoms with van der Waals surface area (Å²) in [4.78, 5) is 31.8. The average molecular weight is 418 g/mol. The molecule has 28 heavy (non-hydrogen) atoms. The van der Waals surface area contributed by atoms with Gasteiger partial charge in [-0.2, -0.15) is 0 Å². The Kier molecular flexibility index (Phi) is 5.01. The van der Waals surface area contributed by atoms with Gasteiger partial charge in [0, 0.05) is 34.6 Å². The monoisotopic (exact) mass is 417 g/mol. The predicted octanol–water partition coefficient (Wildman–Crippen LogP) is 3.94. The first-order valence-electron chi connectivity index (χ1n) is 8.52. The number of urea groups is 1. The standard InChI is InChI=1S/C18H16ClN5O3S/c1-10-8-14(23-27-10)16(25)22-17-21-13-6-7-24(9-15(13)28-17)18(26)20-12-4-2-11(19)3-5-12/h2-5,8H,6-7,9H2,1H3,(H,20,26)(H,21,22,25).